The molecule has 3 aromatic rings. The molecule has 0 spiro atoms. The van der Waals surface area contributed by atoms with Crippen LogP contribution in [0.5, 0.6) is 0 Å². The molecule has 8 nitrogen and oxygen atoms in total. The van der Waals surface area contributed by atoms with Gasteiger partial charge in [0.2, 0.25) is 23.5 Å². The molecule has 0 bridgehead atoms. The number of rotatable bonds is 6. The molecule has 2 N–H and O–H groups in total. The molecule has 8 heteroatoms. The first kappa shape index (κ1) is 20.7. The van der Waals surface area contributed by atoms with Gasteiger partial charge in [-0.3, -0.25) is 14.5 Å². The minimum absolute atomic E-state index is 0.0241. The van der Waals surface area contributed by atoms with Crippen LogP contribution in [0, 0.1) is 5.92 Å². The topological polar surface area (TPSA) is 100 Å². The van der Waals surface area contributed by atoms with Gasteiger partial charge in [0, 0.05) is 29.8 Å². The number of hydrogen-bond acceptors (Lipinski definition) is 6. The number of benzene rings is 2. The summed E-state index contributed by atoms with van der Waals surface area (Å²) in [7, 11) is 0. The van der Waals surface area contributed by atoms with Crippen LogP contribution in [0.15, 0.2) is 59.1 Å². The number of nitrogens with one attached hydrogen (secondary N) is 2. The molecule has 4 rings (SSSR count). The molecule has 1 aliphatic heterocycles. The number of nitrogens with zero attached hydrogens (tertiary/aromatic N) is 3. The third-order valence-electron chi connectivity index (χ3n) is 5.29. The highest BCUT2D eigenvalue weighted by atomic mass is 16.5. The number of hydrogen-bond donors (Lipinski definition) is 2. The maximum Gasteiger partial charge on any atom is 0.241 e. The van der Waals surface area contributed by atoms with E-state index in [0.717, 1.165) is 37.2 Å². The number of piperidine rings is 1. The lowest BCUT2D eigenvalue weighted by Crippen LogP contribution is -2.37. The number of anilines is 2. The molecule has 0 unspecified atom stereocenters. The Bertz CT molecular complexity index is 1020. The lowest BCUT2D eigenvalue weighted by atomic mass is 9.96. The average Bonchev–Trinajstić information content (AvgIpc) is 3.24. The first-order chi connectivity index (χ1) is 15.1. The van der Waals surface area contributed by atoms with Crippen LogP contribution >= 0.6 is 0 Å². The fourth-order valence-corrected chi connectivity index (χ4v) is 3.65. The summed E-state index contributed by atoms with van der Waals surface area (Å²) in [5.74, 6) is 1.04. The number of amides is 2. The van der Waals surface area contributed by atoms with Gasteiger partial charge < -0.3 is 15.2 Å². The van der Waals surface area contributed by atoms with Gasteiger partial charge in [-0.05, 0) is 50.2 Å². The Morgan fingerprint density at radius 1 is 1.00 bits per heavy atom. The smallest absolute Gasteiger partial charge is 0.241 e. The Morgan fingerprint density at radius 2 is 1.65 bits per heavy atom. The van der Waals surface area contributed by atoms with Crippen LogP contribution in [-0.4, -0.2) is 39.9 Å². The molecule has 2 heterocycles. The van der Waals surface area contributed by atoms with Gasteiger partial charge in [-0.2, -0.15) is 4.98 Å². The van der Waals surface area contributed by atoms with Crippen LogP contribution in [0.2, 0.25) is 0 Å². The molecule has 2 aromatic carbocycles. The Balaban J connectivity index is 1.25. The Hall–Kier alpha value is -3.52. The van der Waals surface area contributed by atoms with E-state index in [1.54, 1.807) is 24.3 Å². The van der Waals surface area contributed by atoms with E-state index in [0.29, 0.717) is 23.9 Å². The molecule has 1 aliphatic rings. The van der Waals surface area contributed by atoms with Gasteiger partial charge in [-0.15, -0.1) is 0 Å². The molecule has 0 radical (unpaired) electrons. The van der Waals surface area contributed by atoms with Gasteiger partial charge in [0.05, 0.1) is 6.54 Å². The Kier molecular flexibility index (Phi) is 6.37. The molecule has 0 atom stereocenters. The Morgan fingerprint density at radius 3 is 2.29 bits per heavy atom. The van der Waals surface area contributed by atoms with Gasteiger partial charge in [-0.1, -0.05) is 35.5 Å². The Labute approximate surface area is 180 Å². The molecule has 1 aromatic heterocycles. The monoisotopic (exact) mass is 419 g/mol. The highest BCUT2D eigenvalue weighted by Gasteiger charge is 2.26. The van der Waals surface area contributed by atoms with E-state index in [1.165, 1.54) is 6.92 Å². The molecule has 2 amide bonds. The minimum Gasteiger partial charge on any atom is -0.338 e. The number of carbonyl (C=O) groups is 2. The second-order valence-corrected chi connectivity index (χ2v) is 7.68. The maximum absolute atomic E-state index is 12.6. The predicted octanol–water partition coefficient (Wildman–Crippen LogP) is 3.55. The summed E-state index contributed by atoms with van der Waals surface area (Å²) in [6, 6.07) is 16.9. The van der Waals surface area contributed by atoms with Gasteiger partial charge >= 0.3 is 0 Å². The summed E-state index contributed by atoms with van der Waals surface area (Å²) < 4.78 is 5.40. The van der Waals surface area contributed by atoms with Crippen LogP contribution in [0.4, 0.5) is 11.4 Å². The van der Waals surface area contributed by atoms with Gasteiger partial charge in [0.15, 0.2) is 0 Å². The van der Waals surface area contributed by atoms with Crippen molar-refractivity contribution in [2.24, 2.45) is 5.92 Å². The number of likely N-dealkylation sites (tertiary alicyclic amines) is 1. The lowest BCUT2D eigenvalue weighted by molar-refractivity contribution is -0.121. The normalized spacial score (nSPS) is 14.9. The fraction of sp³-hybridized carbons (Fsp3) is 0.304. The van der Waals surface area contributed by atoms with Gasteiger partial charge in [-0.25, -0.2) is 0 Å². The first-order valence-corrected chi connectivity index (χ1v) is 10.4. The maximum atomic E-state index is 12.6. The van der Waals surface area contributed by atoms with Gasteiger partial charge in [0.1, 0.15) is 0 Å². The van der Waals surface area contributed by atoms with Crippen LogP contribution in [0.25, 0.3) is 11.4 Å². The van der Waals surface area contributed by atoms with E-state index in [1.807, 2.05) is 30.3 Å². The summed E-state index contributed by atoms with van der Waals surface area (Å²) in [5.41, 5.74) is 2.36. The lowest BCUT2D eigenvalue weighted by Gasteiger charge is -2.30. The molecular formula is C23H25N5O3. The van der Waals surface area contributed by atoms with Gasteiger partial charge in [0.25, 0.3) is 0 Å². The van der Waals surface area contributed by atoms with Crippen molar-refractivity contribution >= 4 is 23.2 Å². The first-order valence-electron chi connectivity index (χ1n) is 10.4. The van der Waals surface area contributed by atoms with E-state index < -0.39 is 0 Å². The van der Waals surface area contributed by atoms with Crippen molar-refractivity contribution in [2.45, 2.75) is 26.3 Å². The minimum atomic E-state index is -0.125. The van der Waals surface area contributed by atoms with Crippen LogP contribution in [0.3, 0.4) is 0 Å². The molecule has 1 saturated heterocycles. The van der Waals surface area contributed by atoms with E-state index in [2.05, 4.69) is 25.7 Å². The number of carbonyl (C=O) groups excluding carboxylic acids is 2. The summed E-state index contributed by atoms with van der Waals surface area (Å²) >= 11 is 0. The molecule has 0 aliphatic carbocycles. The van der Waals surface area contributed by atoms with Crippen molar-refractivity contribution in [3.63, 3.8) is 0 Å². The molecule has 160 valence electrons. The predicted molar refractivity (Wildman–Crippen MR) is 117 cm³/mol. The standard InChI is InChI=1S/C23H25N5O3/c1-16(29)24-19-7-9-20(10-8-19)25-23(30)18-11-13-28(14-12-18)15-21-26-22(27-31-21)17-5-3-2-4-6-17/h2-10,18H,11-15H2,1H3,(H,24,29)(H,25,30). The van der Waals surface area contributed by atoms with Crippen LogP contribution in [-0.2, 0) is 16.1 Å². The molecule has 1 fully saturated rings. The zero-order valence-electron chi connectivity index (χ0n) is 17.4. The summed E-state index contributed by atoms with van der Waals surface area (Å²) in [6.45, 7) is 3.63. The zero-order valence-corrected chi connectivity index (χ0v) is 17.4. The highest BCUT2D eigenvalue weighted by molar-refractivity contribution is 5.93. The summed E-state index contributed by atoms with van der Waals surface area (Å²) in [5, 5.41) is 9.74. The summed E-state index contributed by atoms with van der Waals surface area (Å²) in [4.78, 5) is 30.4. The van der Waals surface area contributed by atoms with E-state index in [-0.39, 0.29) is 17.7 Å². The largest absolute Gasteiger partial charge is 0.338 e. The van der Waals surface area contributed by atoms with Crippen molar-refractivity contribution in [1.29, 1.82) is 0 Å². The highest BCUT2D eigenvalue weighted by Crippen LogP contribution is 2.22. The van der Waals surface area contributed by atoms with Crippen molar-refractivity contribution in [1.82, 2.24) is 15.0 Å². The van der Waals surface area contributed by atoms with Crippen LogP contribution in [0.1, 0.15) is 25.7 Å². The molecule has 0 saturated carbocycles. The second-order valence-electron chi connectivity index (χ2n) is 7.68. The average molecular weight is 419 g/mol. The second kappa shape index (κ2) is 9.53. The number of aromatic nitrogens is 2. The van der Waals surface area contributed by atoms with E-state index in [9.17, 15) is 9.59 Å². The van der Waals surface area contributed by atoms with E-state index >= 15 is 0 Å². The summed E-state index contributed by atoms with van der Waals surface area (Å²) in [6.07, 6.45) is 1.55. The molecule has 31 heavy (non-hydrogen) atoms. The SMILES string of the molecule is CC(=O)Nc1ccc(NC(=O)C2CCN(Cc3nc(-c4ccccc4)no3)CC2)cc1. The van der Waals surface area contributed by atoms with Crippen molar-refractivity contribution in [3.8, 4) is 11.4 Å². The van der Waals surface area contributed by atoms with Crippen molar-refractivity contribution in [2.75, 3.05) is 23.7 Å². The van der Waals surface area contributed by atoms with E-state index in [4.69, 9.17) is 4.52 Å². The third kappa shape index (κ3) is 5.55. The van der Waals surface area contributed by atoms with Crippen LogP contribution < -0.4 is 10.6 Å². The molecular weight excluding hydrogens is 394 g/mol. The van der Waals surface area contributed by atoms with Crippen molar-refractivity contribution < 1.29 is 14.1 Å². The fourth-order valence-electron chi connectivity index (χ4n) is 3.65. The zero-order chi connectivity index (χ0) is 21.6. The third-order valence-corrected chi connectivity index (χ3v) is 5.29. The quantitative estimate of drug-likeness (QED) is 0.634. The van der Waals surface area contributed by atoms with Crippen molar-refractivity contribution in [3.05, 3.63) is 60.5 Å².